The molecule has 0 spiro atoms. The van der Waals surface area contributed by atoms with Gasteiger partial charge >= 0.3 is 0 Å². The Labute approximate surface area is 120 Å². The number of aromatic nitrogens is 1. The average Bonchev–Trinajstić information content (AvgIpc) is 2.49. The van der Waals surface area contributed by atoms with Crippen molar-refractivity contribution < 1.29 is 4.74 Å². The van der Waals surface area contributed by atoms with Crippen LogP contribution in [0.15, 0.2) is 42.6 Å². The van der Waals surface area contributed by atoms with Crippen LogP contribution in [0.4, 0.5) is 0 Å². The first-order valence-electron chi connectivity index (χ1n) is 7.19. The summed E-state index contributed by atoms with van der Waals surface area (Å²) in [7, 11) is 0. The van der Waals surface area contributed by atoms with Gasteiger partial charge in [0.2, 0.25) is 5.88 Å². The number of rotatable bonds is 6. The van der Waals surface area contributed by atoms with Gasteiger partial charge in [0, 0.05) is 17.8 Å². The number of hydrogen-bond donors (Lipinski definition) is 1. The molecule has 1 aromatic carbocycles. The van der Waals surface area contributed by atoms with Gasteiger partial charge in [0.05, 0.1) is 0 Å². The molecular weight excluding hydrogens is 248 g/mol. The zero-order valence-electron chi connectivity index (χ0n) is 12.2. The second kappa shape index (κ2) is 7.06. The predicted molar refractivity (Wildman–Crippen MR) is 82.1 cm³/mol. The lowest BCUT2D eigenvalue weighted by Crippen LogP contribution is -2.21. The van der Waals surface area contributed by atoms with Crippen LogP contribution in [0.3, 0.4) is 0 Å². The fraction of sp³-hybridized carbons (Fsp3) is 0.353. The van der Waals surface area contributed by atoms with Crippen LogP contribution in [0.2, 0.25) is 0 Å². The summed E-state index contributed by atoms with van der Waals surface area (Å²) in [6.07, 6.45) is 4.47. The number of nitrogens with two attached hydrogens (primary N) is 1. The van der Waals surface area contributed by atoms with E-state index < -0.39 is 0 Å². The molecular formula is C17H22N2O. The third-order valence-corrected chi connectivity index (χ3v) is 3.38. The van der Waals surface area contributed by atoms with E-state index in [1.165, 1.54) is 5.56 Å². The highest BCUT2D eigenvalue weighted by atomic mass is 16.5. The largest absolute Gasteiger partial charge is 0.439 e. The van der Waals surface area contributed by atoms with Crippen LogP contribution in [0, 0.1) is 0 Å². The number of pyridine rings is 1. The fourth-order valence-corrected chi connectivity index (χ4v) is 2.04. The summed E-state index contributed by atoms with van der Waals surface area (Å²) in [5.74, 6) is 1.49. The van der Waals surface area contributed by atoms with Crippen molar-refractivity contribution in [2.45, 2.75) is 39.2 Å². The lowest BCUT2D eigenvalue weighted by atomic mass is 10.1. The van der Waals surface area contributed by atoms with Crippen LogP contribution in [0.5, 0.6) is 11.6 Å². The molecule has 2 aromatic rings. The van der Waals surface area contributed by atoms with E-state index in [0.717, 1.165) is 30.6 Å². The molecule has 0 fully saturated rings. The van der Waals surface area contributed by atoms with Crippen molar-refractivity contribution in [3.8, 4) is 11.6 Å². The van der Waals surface area contributed by atoms with Gasteiger partial charge in [-0.2, -0.15) is 0 Å². The summed E-state index contributed by atoms with van der Waals surface area (Å²) in [5.41, 5.74) is 8.34. The fourth-order valence-electron chi connectivity index (χ4n) is 2.04. The van der Waals surface area contributed by atoms with E-state index in [1.807, 2.05) is 24.3 Å². The number of nitrogens with zero attached hydrogens (tertiary/aromatic N) is 1. The summed E-state index contributed by atoms with van der Waals surface area (Å²) in [6, 6.07) is 12.2. The molecule has 0 amide bonds. The highest BCUT2D eigenvalue weighted by molar-refractivity contribution is 5.35. The normalized spacial score (nSPS) is 12.2. The van der Waals surface area contributed by atoms with E-state index in [4.69, 9.17) is 10.5 Å². The third kappa shape index (κ3) is 3.81. The Bertz CT molecular complexity index is 554. The van der Waals surface area contributed by atoms with Crippen molar-refractivity contribution in [2.24, 2.45) is 5.73 Å². The highest BCUT2D eigenvalue weighted by Crippen LogP contribution is 2.24. The standard InChI is InChI=1S/C17H22N2O/c1-3-13-7-5-9-16(11-13)20-17-14(8-6-10-19-17)12-15(18)4-2/h5-11,15H,3-4,12,18H2,1-2H3. The van der Waals surface area contributed by atoms with Gasteiger partial charge in [-0.1, -0.05) is 32.0 Å². The van der Waals surface area contributed by atoms with Crippen LogP contribution in [0.1, 0.15) is 31.4 Å². The van der Waals surface area contributed by atoms with Gasteiger partial charge in [-0.25, -0.2) is 4.98 Å². The molecule has 3 heteroatoms. The van der Waals surface area contributed by atoms with Crippen molar-refractivity contribution >= 4 is 0 Å². The molecule has 1 atom stereocenters. The van der Waals surface area contributed by atoms with Crippen molar-refractivity contribution in [3.05, 3.63) is 53.7 Å². The van der Waals surface area contributed by atoms with E-state index in [2.05, 4.69) is 31.0 Å². The first kappa shape index (κ1) is 14.5. The Morgan fingerprint density at radius 2 is 2.05 bits per heavy atom. The van der Waals surface area contributed by atoms with Crippen molar-refractivity contribution in [3.63, 3.8) is 0 Å². The van der Waals surface area contributed by atoms with E-state index >= 15 is 0 Å². The molecule has 20 heavy (non-hydrogen) atoms. The summed E-state index contributed by atoms with van der Waals surface area (Å²) in [4.78, 5) is 4.34. The van der Waals surface area contributed by atoms with Gasteiger partial charge in [-0.15, -0.1) is 0 Å². The Kier molecular flexibility index (Phi) is 5.13. The molecule has 1 unspecified atom stereocenters. The van der Waals surface area contributed by atoms with Gasteiger partial charge in [0.25, 0.3) is 0 Å². The van der Waals surface area contributed by atoms with Gasteiger partial charge < -0.3 is 10.5 Å². The molecule has 0 saturated carbocycles. The van der Waals surface area contributed by atoms with Crippen LogP contribution in [-0.4, -0.2) is 11.0 Å². The van der Waals surface area contributed by atoms with E-state index in [9.17, 15) is 0 Å². The van der Waals surface area contributed by atoms with Gasteiger partial charge in [0.1, 0.15) is 5.75 Å². The van der Waals surface area contributed by atoms with Crippen LogP contribution >= 0.6 is 0 Å². The van der Waals surface area contributed by atoms with Crippen molar-refractivity contribution in [1.29, 1.82) is 0 Å². The molecule has 0 aliphatic carbocycles. The maximum Gasteiger partial charge on any atom is 0.222 e. The molecule has 1 aromatic heterocycles. The highest BCUT2D eigenvalue weighted by Gasteiger charge is 2.09. The van der Waals surface area contributed by atoms with Gasteiger partial charge in [-0.05, 0) is 43.0 Å². The van der Waals surface area contributed by atoms with Crippen molar-refractivity contribution in [2.75, 3.05) is 0 Å². The number of benzene rings is 1. The van der Waals surface area contributed by atoms with Crippen molar-refractivity contribution in [1.82, 2.24) is 4.98 Å². The molecule has 2 rings (SSSR count). The zero-order valence-corrected chi connectivity index (χ0v) is 12.2. The SMILES string of the molecule is CCc1cccc(Oc2ncccc2CC(N)CC)c1. The van der Waals surface area contributed by atoms with Crippen LogP contribution in [0.25, 0.3) is 0 Å². The van der Waals surface area contributed by atoms with E-state index in [1.54, 1.807) is 6.20 Å². The molecule has 0 bridgehead atoms. The molecule has 1 heterocycles. The maximum atomic E-state index is 6.03. The Morgan fingerprint density at radius 1 is 1.20 bits per heavy atom. The molecule has 106 valence electrons. The Morgan fingerprint density at radius 3 is 2.80 bits per heavy atom. The minimum absolute atomic E-state index is 0.142. The molecule has 0 aliphatic heterocycles. The number of aryl methyl sites for hydroxylation is 1. The lowest BCUT2D eigenvalue weighted by Gasteiger charge is -2.13. The molecule has 0 saturated heterocycles. The first-order chi connectivity index (χ1) is 9.72. The third-order valence-electron chi connectivity index (χ3n) is 3.38. The smallest absolute Gasteiger partial charge is 0.222 e. The van der Waals surface area contributed by atoms with Crippen LogP contribution < -0.4 is 10.5 Å². The van der Waals surface area contributed by atoms with Gasteiger partial charge in [0.15, 0.2) is 0 Å². The molecule has 3 nitrogen and oxygen atoms in total. The molecule has 0 aliphatic rings. The van der Waals surface area contributed by atoms with Gasteiger partial charge in [-0.3, -0.25) is 0 Å². The lowest BCUT2D eigenvalue weighted by molar-refractivity contribution is 0.452. The Hall–Kier alpha value is -1.87. The maximum absolute atomic E-state index is 6.03. The second-order valence-corrected chi connectivity index (χ2v) is 4.94. The molecule has 0 radical (unpaired) electrons. The first-order valence-corrected chi connectivity index (χ1v) is 7.19. The summed E-state index contributed by atoms with van der Waals surface area (Å²) in [5, 5.41) is 0. The number of hydrogen-bond acceptors (Lipinski definition) is 3. The molecule has 2 N–H and O–H groups in total. The van der Waals surface area contributed by atoms with Crippen LogP contribution in [-0.2, 0) is 12.8 Å². The topological polar surface area (TPSA) is 48.1 Å². The summed E-state index contributed by atoms with van der Waals surface area (Å²) >= 11 is 0. The minimum Gasteiger partial charge on any atom is -0.439 e. The van der Waals surface area contributed by atoms with E-state index in [0.29, 0.717) is 5.88 Å². The minimum atomic E-state index is 0.142. The zero-order chi connectivity index (χ0) is 14.4. The predicted octanol–water partition coefficient (Wildman–Crippen LogP) is 3.72. The Balaban J connectivity index is 2.19. The number of ether oxygens (including phenoxy) is 1. The van der Waals surface area contributed by atoms with E-state index in [-0.39, 0.29) is 6.04 Å². The quantitative estimate of drug-likeness (QED) is 0.870. The monoisotopic (exact) mass is 270 g/mol. The average molecular weight is 270 g/mol. The second-order valence-electron chi connectivity index (χ2n) is 4.94. The summed E-state index contributed by atoms with van der Waals surface area (Å²) < 4.78 is 5.93. The summed E-state index contributed by atoms with van der Waals surface area (Å²) in [6.45, 7) is 4.22.